The van der Waals surface area contributed by atoms with Crippen molar-refractivity contribution in [1.29, 1.82) is 0 Å². The molecule has 220 valence electrons. The third-order valence-electron chi connectivity index (χ3n) is 6.19. The van der Waals surface area contributed by atoms with Crippen molar-refractivity contribution in [1.82, 2.24) is 10.3 Å². The van der Waals surface area contributed by atoms with E-state index in [2.05, 4.69) is 10.3 Å². The molecule has 1 heterocycles. The number of hydrogen-bond donors (Lipinski definition) is 3. The highest BCUT2D eigenvalue weighted by atomic mass is 35.5. The highest BCUT2D eigenvalue weighted by Gasteiger charge is 2.56. The van der Waals surface area contributed by atoms with Crippen molar-refractivity contribution in [2.75, 3.05) is 34.0 Å². The van der Waals surface area contributed by atoms with Gasteiger partial charge in [0.1, 0.15) is 22.7 Å². The minimum absolute atomic E-state index is 0.0377. The van der Waals surface area contributed by atoms with E-state index in [1.807, 2.05) is 0 Å². The summed E-state index contributed by atoms with van der Waals surface area (Å²) in [6, 6.07) is 9.62. The van der Waals surface area contributed by atoms with Gasteiger partial charge in [-0.25, -0.2) is 9.37 Å². The number of ether oxygens (including phenoxy) is 3. The maximum absolute atomic E-state index is 14.8. The highest BCUT2D eigenvalue weighted by molar-refractivity contribution is 6.31. The van der Waals surface area contributed by atoms with Gasteiger partial charge in [-0.1, -0.05) is 11.6 Å². The number of hydrogen-bond acceptors (Lipinski definition) is 7. The predicted molar refractivity (Wildman–Crippen MR) is 141 cm³/mol. The largest absolute Gasteiger partial charge is 0.494 e. The molecule has 4 N–H and O–H groups in total. The van der Waals surface area contributed by atoms with E-state index in [1.54, 1.807) is 0 Å². The molecular formula is C27H26ClF4N3O6. The Morgan fingerprint density at radius 3 is 2.29 bits per heavy atom. The molecule has 3 rings (SSSR count). The van der Waals surface area contributed by atoms with E-state index in [0.717, 1.165) is 12.1 Å². The minimum atomic E-state index is -4.99. The van der Waals surface area contributed by atoms with Crippen LogP contribution >= 0.6 is 11.6 Å². The number of rotatable bonds is 12. The number of benzene rings is 2. The van der Waals surface area contributed by atoms with Crippen LogP contribution in [0, 0.1) is 5.82 Å². The molecule has 0 bridgehead atoms. The van der Waals surface area contributed by atoms with Crippen LogP contribution < -0.4 is 25.3 Å². The Morgan fingerprint density at radius 2 is 1.71 bits per heavy atom. The summed E-state index contributed by atoms with van der Waals surface area (Å²) in [5.74, 6) is -2.16. The number of aliphatic hydroxyl groups excluding tert-OH is 1. The van der Waals surface area contributed by atoms with E-state index in [-0.39, 0.29) is 39.1 Å². The summed E-state index contributed by atoms with van der Waals surface area (Å²) in [5, 5.41) is 11.7. The number of alkyl halides is 3. The standard InChI is InChI=1S/C27H26ClF4N3O6/c1-39-20-7-8-22(35-24(20)15-3-5-18(29)17(28)11-15)26(9-10-36,27(30,31)32)14-34-25(38)16-4-6-19(21(12-16)40-2)41-13-23(33)37/h3-8,11-12,36H,9-10,13-14H2,1-2H3,(H2,33,37)(H,34,38). The molecule has 0 saturated heterocycles. The van der Waals surface area contributed by atoms with Gasteiger partial charge in [0.25, 0.3) is 11.8 Å². The number of methoxy groups -OCH3 is 2. The van der Waals surface area contributed by atoms with E-state index in [1.165, 1.54) is 50.6 Å². The van der Waals surface area contributed by atoms with E-state index >= 15 is 0 Å². The molecule has 0 aliphatic carbocycles. The first-order valence-electron chi connectivity index (χ1n) is 11.9. The molecule has 0 aliphatic heterocycles. The third kappa shape index (κ3) is 6.98. The summed E-state index contributed by atoms with van der Waals surface area (Å²) in [4.78, 5) is 28.2. The lowest BCUT2D eigenvalue weighted by molar-refractivity contribution is -0.194. The second-order valence-electron chi connectivity index (χ2n) is 8.73. The van der Waals surface area contributed by atoms with Gasteiger partial charge in [-0.15, -0.1) is 0 Å². The molecule has 9 nitrogen and oxygen atoms in total. The fraction of sp³-hybridized carbons (Fsp3) is 0.296. The summed E-state index contributed by atoms with van der Waals surface area (Å²) < 4.78 is 73.7. The molecule has 0 aliphatic rings. The van der Waals surface area contributed by atoms with Gasteiger partial charge in [-0.2, -0.15) is 13.2 Å². The number of amides is 2. The molecular weight excluding hydrogens is 574 g/mol. The lowest BCUT2D eigenvalue weighted by atomic mass is 9.79. The quantitative estimate of drug-likeness (QED) is 0.268. The summed E-state index contributed by atoms with van der Waals surface area (Å²) in [7, 11) is 2.56. The van der Waals surface area contributed by atoms with Gasteiger partial charge in [-0.05, 0) is 55.0 Å². The Balaban J connectivity index is 2.01. The number of primary amides is 1. The van der Waals surface area contributed by atoms with Crippen LogP contribution in [0.25, 0.3) is 11.3 Å². The number of nitrogens with zero attached hydrogens (tertiary/aromatic N) is 1. The summed E-state index contributed by atoms with van der Waals surface area (Å²) in [6.07, 6.45) is -5.84. The van der Waals surface area contributed by atoms with Crippen molar-refractivity contribution in [3.63, 3.8) is 0 Å². The number of pyridine rings is 1. The van der Waals surface area contributed by atoms with Gasteiger partial charge >= 0.3 is 6.18 Å². The zero-order valence-corrected chi connectivity index (χ0v) is 22.6. The van der Waals surface area contributed by atoms with Crippen molar-refractivity contribution in [3.8, 4) is 28.5 Å². The highest BCUT2D eigenvalue weighted by Crippen LogP contribution is 2.44. The molecule has 1 atom stereocenters. The van der Waals surface area contributed by atoms with Crippen LogP contribution in [0.3, 0.4) is 0 Å². The first kappa shape index (κ1) is 31.4. The summed E-state index contributed by atoms with van der Waals surface area (Å²) >= 11 is 5.88. The number of nitrogens with two attached hydrogens (primary N) is 1. The SMILES string of the molecule is COc1cc(C(=O)NCC(CCO)(c2ccc(OC)c(-c3ccc(F)c(Cl)c3)n2)C(F)(F)F)ccc1OCC(N)=O. The average Bonchev–Trinajstić information content (AvgIpc) is 2.94. The zero-order valence-electron chi connectivity index (χ0n) is 21.9. The van der Waals surface area contributed by atoms with Gasteiger partial charge in [0, 0.05) is 24.3 Å². The maximum atomic E-state index is 14.8. The predicted octanol–water partition coefficient (Wildman–Crippen LogP) is 4.03. The molecule has 2 aromatic carbocycles. The van der Waals surface area contributed by atoms with Crippen LogP contribution in [0.4, 0.5) is 17.6 Å². The second kappa shape index (κ2) is 13.0. The number of carbonyl (C=O) groups is 2. The molecule has 0 spiro atoms. The first-order valence-corrected chi connectivity index (χ1v) is 12.3. The molecule has 0 radical (unpaired) electrons. The lowest BCUT2D eigenvalue weighted by Crippen LogP contribution is -2.52. The van der Waals surface area contributed by atoms with Crippen LogP contribution in [0.15, 0.2) is 48.5 Å². The molecule has 0 saturated carbocycles. The second-order valence-corrected chi connectivity index (χ2v) is 9.14. The fourth-order valence-corrected chi connectivity index (χ4v) is 4.20. The lowest BCUT2D eigenvalue weighted by Gasteiger charge is -2.35. The van der Waals surface area contributed by atoms with Crippen molar-refractivity contribution in [2.45, 2.75) is 18.0 Å². The first-order chi connectivity index (χ1) is 19.4. The van der Waals surface area contributed by atoms with Crippen LogP contribution in [0.5, 0.6) is 17.2 Å². The fourth-order valence-electron chi connectivity index (χ4n) is 4.02. The topological polar surface area (TPSA) is 133 Å². The van der Waals surface area contributed by atoms with Crippen LogP contribution in [-0.4, -0.2) is 62.1 Å². The van der Waals surface area contributed by atoms with Crippen LogP contribution in [0.1, 0.15) is 22.5 Å². The number of halogens is 5. The Bertz CT molecular complexity index is 1420. The van der Waals surface area contributed by atoms with Crippen LogP contribution in [0.2, 0.25) is 5.02 Å². The number of aromatic nitrogens is 1. The van der Waals surface area contributed by atoms with Crippen molar-refractivity contribution >= 4 is 23.4 Å². The Kier molecular flexibility index (Phi) is 10.00. The molecule has 41 heavy (non-hydrogen) atoms. The van der Waals surface area contributed by atoms with Gasteiger partial charge in [0.05, 0.1) is 24.9 Å². The molecule has 1 aromatic heterocycles. The molecule has 14 heteroatoms. The van der Waals surface area contributed by atoms with Crippen molar-refractivity contribution in [2.24, 2.45) is 5.73 Å². The number of nitrogens with one attached hydrogen (secondary N) is 1. The molecule has 0 fully saturated rings. The normalized spacial score (nSPS) is 12.8. The zero-order chi connectivity index (χ0) is 30.4. The van der Waals surface area contributed by atoms with Crippen LogP contribution in [-0.2, 0) is 10.2 Å². The smallest absolute Gasteiger partial charge is 0.401 e. The van der Waals surface area contributed by atoms with Crippen molar-refractivity contribution in [3.05, 3.63) is 70.6 Å². The molecule has 2 amide bonds. The van der Waals surface area contributed by atoms with E-state index in [0.29, 0.717) is 0 Å². The van der Waals surface area contributed by atoms with E-state index in [4.69, 9.17) is 31.5 Å². The Morgan fingerprint density at radius 1 is 1.02 bits per heavy atom. The average molecular weight is 600 g/mol. The third-order valence-corrected chi connectivity index (χ3v) is 6.48. The van der Waals surface area contributed by atoms with Gasteiger partial charge in [0.2, 0.25) is 0 Å². The maximum Gasteiger partial charge on any atom is 0.401 e. The summed E-state index contributed by atoms with van der Waals surface area (Å²) in [5.41, 5.74) is 1.76. The monoisotopic (exact) mass is 599 g/mol. The molecule has 3 aromatic rings. The van der Waals surface area contributed by atoms with E-state index in [9.17, 15) is 32.3 Å². The van der Waals surface area contributed by atoms with E-state index < -0.39 is 61.1 Å². The van der Waals surface area contributed by atoms with Gasteiger partial charge in [-0.3, -0.25) is 9.59 Å². The Labute approximate surface area is 237 Å². The van der Waals surface area contributed by atoms with Gasteiger partial charge in [0.15, 0.2) is 18.1 Å². The summed E-state index contributed by atoms with van der Waals surface area (Å²) in [6.45, 7) is -2.35. The van der Waals surface area contributed by atoms with Gasteiger partial charge < -0.3 is 30.4 Å². The molecule has 1 unspecified atom stereocenters. The minimum Gasteiger partial charge on any atom is -0.494 e. The number of carbonyl (C=O) groups excluding carboxylic acids is 2. The Hall–Kier alpha value is -4.10. The number of aliphatic hydroxyl groups is 1. The van der Waals surface area contributed by atoms with Crippen molar-refractivity contribution < 1.29 is 46.5 Å².